The molecule has 5 nitrogen and oxygen atoms in total. The first-order valence-corrected chi connectivity index (χ1v) is 4.93. The summed E-state index contributed by atoms with van der Waals surface area (Å²) in [7, 11) is 0. The van der Waals surface area contributed by atoms with E-state index in [0.717, 1.165) is 11.1 Å². The van der Waals surface area contributed by atoms with E-state index in [-0.39, 0.29) is 11.8 Å². The van der Waals surface area contributed by atoms with Gasteiger partial charge in [0.05, 0.1) is 0 Å². The molecule has 1 rings (SSSR count). The largest absolute Gasteiger partial charge is 0.311 e. The van der Waals surface area contributed by atoms with E-state index in [9.17, 15) is 9.59 Å². The van der Waals surface area contributed by atoms with Crippen LogP contribution in [0.5, 0.6) is 0 Å². The van der Waals surface area contributed by atoms with Gasteiger partial charge in [0.2, 0.25) is 11.8 Å². The number of hydrogen-bond acceptors (Lipinski definition) is 3. The maximum atomic E-state index is 10.9. The van der Waals surface area contributed by atoms with Crippen LogP contribution < -0.4 is 10.6 Å². The zero-order valence-corrected chi connectivity index (χ0v) is 9.84. The van der Waals surface area contributed by atoms with E-state index in [4.69, 9.17) is 0 Å². The summed E-state index contributed by atoms with van der Waals surface area (Å²) in [4.78, 5) is 26.1. The standard InChI is InChI=1S/C11H15N3O2/c1-6-5-7(2)11(13-9(4)16)14-10(6)12-8(3)15/h5H,1-4H3,(H2,12,13,14,15,16). The van der Waals surface area contributed by atoms with Gasteiger partial charge < -0.3 is 10.6 Å². The number of nitrogens with one attached hydrogen (secondary N) is 2. The Kier molecular flexibility index (Phi) is 3.60. The van der Waals surface area contributed by atoms with E-state index in [2.05, 4.69) is 15.6 Å². The van der Waals surface area contributed by atoms with Crippen LogP contribution in [0.4, 0.5) is 11.6 Å². The molecule has 0 radical (unpaired) electrons. The third-order valence-electron chi connectivity index (χ3n) is 1.99. The number of pyridine rings is 1. The maximum Gasteiger partial charge on any atom is 0.222 e. The van der Waals surface area contributed by atoms with Gasteiger partial charge in [-0.1, -0.05) is 0 Å². The van der Waals surface area contributed by atoms with Crippen LogP contribution in [-0.4, -0.2) is 16.8 Å². The highest BCUT2D eigenvalue weighted by Gasteiger charge is 2.08. The topological polar surface area (TPSA) is 71.1 Å². The summed E-state index contributed by atoms with van der Waals surface area (Å²) in [6, 6.07) is 1.86. The number of hydrogen-bond donors (Lipinski definition) is 2. The first kappa shape index (κ1) is 12.2. The molecule has 0 aliphatic carbocycles. The number of anilines is 2. The molecule has 1 heterocycles. The summed E-state index contributed by atoms with van der Waals surface area (Å²) < 4.78 is 0. The van der Waals surface area contributed by atoms with Gasteiger partial charge in [-0.15, -0.1) is 0 Å². The molecule has 0 spiro atoms. The van der Waals surface area contributed by atoms with Crippen molar-refractivity contribution in [1.82, 2.24) is 4.98 Å². The Bertz CT molecular complexity index is 404. The molecule has 0 aromatic carbocycles. The summed E-state index contributed by atoms with van der Waals surface area (Å²) >= 11 is 0. The van der Waals surface area contributed by atoms with Gasteiger partial charge in [-0.3, -0.25) is 9.59 Å². The second-order valence-corrected chi connectivity index (χ2v) is 3.68. The Hall–Kier alpha value is -1.91. The molecule has 0 atom stereocenters. The Morgan fingerprint density at radius 2 is 1.38 bits per heavy atom. The molecule has 0 aliphatic heterocycles. The SMILES string of the molecule is CC(=O)Nc1nc(NC(C)=O)c(C)cc1C. The smallest absolute Gasteiger partial charge is 0.222 e. The molecule has 1 aromatic heterocycles. The van der Waals surface area contributed by atoms with Crippen LogP contribution in [0, 0.1) is 13.8 Å². The van der Waals surface area contributed by atoms with Crippen molar-refractivity contribution in [2.24, 2.45) is 0 Å². The number of aromatic nitrogens is 1. The second kappa shape index (κ2) is 4.74. The van der Waals surface area contributed by atoms with Crippen LogP contribution in [0.25, 0.3) is 0 Å². The molecule has 0 saturated carbocycles. The van der Waals surface area contributed by atoms with Crippen molar-refractivity contribution in [2.45, 2.75) is 27.7 Å². The lowest BCUT2D eigenvalue weighted by atomic mass is 10.2. The number of carbonyl (C=O) groups is 2. The van der Waals surface area contributed by atoms with Crippen molar-refractivity contribution in [1.29, 1.82) is 0 Å². The second-order valence-electron chi connectivity index (χ2n) is 3.68. The number of nitrogens with zero attached hydrogens (tertiary/aromatic N) is 1. The zero-order chi connectivity index (χ0) is 12.3. The molecule has 2 N–H and O–H groups in total. The molecule has 5 heteroatoms. The van der Waals surface area contributed by atoms with E-state index in [0.29, 0.717) is 11.6 Å². The fourth-order valence-corrected chi connectivity index (χ4v) is 1.34. The quantitative estimate of drug-likeness (QED) is 0.797. The van der Waals surface area contributed by atoms with Gasteiger partial charge in [0, 0.05) is 13.8 Å². The molecular weight excluding hydrogens is 206 g/mol. The highest BCUT2D eigenvalue weighted by atomic mass is 16.2. The van der Waals surface area contributed by atoms with Crippen molar-refractivity contribution >= 4 is 23.5 Å². The fourth-order valence-electron chi connectivity index (χ4n) is 1.34. The molecule has 16 heavy (non-hydrogen) atoms. The van der Waals surface area contributed by atoms with Crippen LogP contribution in [-0.2, 0) is 9.59 Å². The van der Waals surface area contributed by atoms with Crippen LogP contribution in [0.15, 0.2) is 6.07 Å². The van der Waals surface area contributed by atoms with E-state index in [1.807, 2.05) is 19.9 Å². The highest BCUT2D eigenvalue weighted by molar-refractivity contribution is 5.91. The van der Waals surface area contributed by atoms with E-state index < -0.39 is 0 Å². The minimum Gasteiger partial charge on any atom is -0.311 e. The van der Waals surface area contributed by atoms with Gasteiger partial charge in [-0.2, -0.15) is 0 Å². The van der Waals surface area contributed by atoms with Gasteiger partial charge in [0.1, 0.15) is 11.6 Å². The summed E-state index contributed by atoms with van der Waals surface area (Å²) in [5, 5.41) is 5.23. The summed E-state index contributed by atoms with van der Waals surface area (Å²) in [6.07, 6.45) is 0. The lowest BCUT2D eigenvalue weighted by Gasteiger charge is -2.11. The molecule has 2 amide bonds. The van der Waals surface area contributed by atoms with Gasteiger partial charge in [-0.05, 0) is 31.0 Å². The number of carbonyl (C=O) groups excluding carboxylic acids is 2. The van der Waals surface area contributed by atoms with Crippen molar-refractivity contribution in [3.63, 3.8) is 0 Å². The zero-order valence-electron chi connectivity index (χ0n) is 9.84. The predicted octanol–water partition coefficient (Wildman–Crippen LogP) is 1.62. The van der Waals surface area contributed by atoms with Crippen LogP contribution in [0.2, 0.25) is 0 Å². The Labute approximate surface area is 94.3 Å². The maximum absolute atomic E-state index is 10.9. The van der Waals surface area contributed by atoms with Crippen molar-refractivity contribution in [3.8, 4) is 0 Å². The number of aryl methyl sites for hydroxylation is 2. The first-order chi connectivity index (χ1) is 7.40. The summed E-state index contributed by atoms with van der Waals surface area (Å²) in [5.74, 6) is 0.574. The Morgan fingerprint density at radius 3 is 1.69 bits per heavy atom. The van der Waals surface area contributed by atoms with Gasteiger partial charge in [-0.25, -0.2) is 4.98 Å². The highest BCUT2D eigenvalue weighted by Crippen LogP contribution is 2.19. The van der Waals surface area contributed by atoms with E-state index in [1.54, 1.807) is 0 Å². The molecule has 86 valence electrons. The molecule has 0 bridgehead atoms. The molecule has 0 aliphatic rings. The van der Waals surface area contributed by atoms with Crippen molar-refractivity contribution in [3.05, 3.63) is 17.2 Å². The minimum atomic E-state index is -0.187. The monoisotopic (exact) mass is 221 g/mol. The molecule has 0 fully saturated rings. The number of amides is 2. The number of rotatable bonds is 2. The van der Waals surface area contributed by atoms with Crippen molar-refractivity contribution in [2.75, 3.05) is 10.6 Å². The lowest BCUT2D eigenvalue weighted by molar-refractivity contribution is -0.115. The van der Waals surface area contributed by atoms with Crippen molar-refractivity contribution < 1.29 is 9.59 Å². The van der Waals surface area contributed by atoms with Gasteiger partial charge in [0.25, 0.3) is 0 Å². The normalized spacial score (nSPS) is 9.75. The van der Waals surface area contributed by atoms with E-state index >= 15 is 0 Å². The average molecular weight is 221 g/mol. The summed E-state index contributed by atoms with van der Waals surface area (Å²) in [6.45, 7) is 6.53. The van der Waals surface area contributed by atoms with Crippen LogP contribution >= 0.6 is 0 Å². The van der Waals surface area contributed by atoms with Crippen LogP contribution in [0.1, 0.15) is 25.0 Å². The minimum absolute atomic E-state index is 0.187. The summed E-state index contributed by atoms with van der Waals surface area (Å²) in [5.41, 5.74) is 1.73. The molecule has 0 saturated heterocycles. The third-order valence-corrected chi connectivity index (χ3v) is 1.99. The first-order valence-electron chi connectivity index (χ1n) is 4.93. The average Bonchev–Trinajstić information content (AvgIpc) is 2.11. The Balaban J connectivity index is 3.10. The van der Waals surface area contributed by atoms with E-state index in [1.165, 1.54) is 13.8 Å². The van der Waals surface area contributed by atoms with Gasteiger partial charge >= 0.3 is 0 Å². The molecule has 0 unspecified atom stereocenters. The fraction of sp³-hybridized carbons (Fsp3) is 0.364. The molecule has 1 aromatic rings. The predicted molar refractivity (Wildman–Crippen MR) is 62.3 cm³/mol. The Morgan fingerprint density at radius 1 is 1.00 bits per heavy atom. The third kappa shape index (κ3) is 3.05. The lowest BCUT2D eigenvalue weighted by Crippen LogP contribution is -2.13. The molecular formula is C11H15N3O2. The van der Waals surface area contributed by atoms with Gasteiger partial charge in [0.15, 0.2) is 0 Å². The van der Waals surface area contributed by atoms with Crippen LogP contribution in [0.3, 0.4) is 0 Å².